The Morgan fingerprint density at radius 2 is 1.77 bits per heavy atom. The molecule has 1 saturated heterocycles. The Labute approximate surface area is 176 Å². The van der Waals surface area contributed by atoms with Crippen LogP contribution in [0.25, 0.3) is 6.08 Å². The lowest BCUT2D eigenvalue weighted by Crippen LogP contribution is -2.41. The fourth-order valence-corrected chi connectivity index (χ4v) is 2.70. The van der Waals surface area contributed by atoms with Crippen LogP contribution in [0.5, 0.6) is 0 Å². The number of aromatic carboxylic acids is 1. The molecule has 0 spiro atoms. The van der Waals surface area contributed by atoms with Crippen LogP contribution >= 0.6 is 0 Å². The minimum absolute atomic E-state index is 0.0333. The number of alkyl carbamates (subject to hydrolysis) is 1. The first kappa shape index (κ1) is 23.9. The molecule has 1 aliphatic heterocycles. The van der Waals surface area contributed by atoms with Crippen LogP contribution in [0.2, 0.25) is 0 Å². The standard InChI is InChI=1S/C21H29BFNO6/c1-19(2,3)28-18(27)24-12-14(22-29-20(4,5)21(6,7)30-22)10-13-8-9-16(23)15(11-13)17(25)26/h8-11H,12H2,1-7H3,(H,24,27)(H,25,26). The zero-order chi connectivity index (χ0) is 22.9. The van der Waals surface area contributed by atoms with E-state index in [1.807, 2.05) is 27.7 Å². The molecule has 1 aliphatic rings. The molecular weight excluding hydrogens is 392 g/mol. The number of benzene rings is 1. The van der Waals surface area contributed by atoms with Crippen LogP contribution in [0, 0.1) is 5.82 Å². The predicted octanol–water partition coefficient (Wildman–Crippen LogP) is 4.06. The van der Waals surface area contributed by atoms with Crippen molar-refractivity contribution < 1.29 is 33.1 Å². The van der Waals surface area contributed by atoms with E-state index in [-0.39, 0.29) is 6.54 Å². The van der Waals surface area contributed by atoms with Crippen molar-refractivity contribution in [2.24, 2.45) is 0 Å². The molecule has 0 atom stereocenters. The van der Waals surface area contributed by atoms with Crippen LogP contribution in [0.1, 0.15) is 64.4 Å². The Morgan fingerprint density at radius 3 is 2.27 bits per heavy atom. The second-order valence-electron chi connectivity index (χ2n) is 9.21. The number of carboxylic acids is 1. The first-order chi connectivity index (χ1) is 13.6. The summed E-state index contributed by atoms with van der Waals surface area (Å²) in [6.07, 6.45) is 1.00. The largest absolute Gasteiger partial charge is 0.492 e. The smallest absolute Gasteiger partial charge is 0.478 e. The summed E-state index contributed by atoms with van der Waals surface area (Å²) >= 11 is 0. The number of hydrogen-bond acceptors (Lipinski definition) is 5. The Kier molecular flexibility index (Phi) is 6.68. The molecule has 0 bridgehead atoms. The van der Waals surface area contributed by atoms with Crippen LogP contribution in [0.4, 0.5) is 9.18 Å². The van der Waals surface area contributed by atoms with Gasteiger partial charge in [0, 0.05) is 6.54 Å². The molecular formula is C21H29BFNO6. The fourth-order valence-electron chi connectivity index (χ4n) is 2.70. The van der Waals surface area contributed by atoms with Crippen LogP contribution < -0.4 is 5.32 Å². The number of hydrogen-bond donors (Lipinski definition) is 2. The highest BCUT2D eigenvalue weighted by Gasteiger charge is 2.52. The van der Waals surface area contributed by atoms with Crippen molar-refractivity contribution in [3.63, 3.8) is 0 Å². The molecule has 0 aromatic heterocycles. The van der Waals surface area contributed by atoms with E-state index in [2.05, 4.69) is 5.32 Å². The molecule has 0 aliphatic carbocycles. The summed E-state index contributed by atoms with van der Waals surface area (Å²) < 4.78 is 31.1. The summed E-state index contributed by atoms with van der Waals surface area (Å²) in [5.74, 6) is -2.20. The SMILES string of the molecule is CC(C)(C)OC(=O)NCC(=Cc1ccc(F)c(C(=O)O)c1)B1OC(C)(C)C(C)(C)O1. The predicted molar refractivity (Wildman–Crippen MR) is 112 cm³/mol. The van der Waals surface area contributed by atoms with Crippen molar-refractivity contribution >= 4 is 25.3 Å². The third kappa shape index (κ3) is 5.83. The molecule has 9 heteroatoms. The summed E-state index contributed by atoms with van der Waals surface area (Å²) in [6, 6.07) is 3.75. The second-order valence-corrected chi connectivity index (χ2v) is 9.21. The normalized spacial score (nSPS) is 18.3. The molecule has 30 heavy (non-hydrogen) atoms. The van der Waals surface area contributed by atoms with Crippen molar-refractivity contribution in [2.45, 2.75) is 65.3 Å². The summed E-state index contributed by atoms with van der Waals surface area (Å²) in [5.41, 5.74) is -1.37. The molecule has 1 fully saturated rings. The highest BCUT2D eigenvalue weighted by molar-refractivity contribution is 6.56. The van der Waals surface area contributed by atoms with Gasteiger partial charge in [0.1, 0.15) is 11.4 Å². The summed E-state index contributed by atoms with van der Waals surface area (Å²) in [5, 5.41) is 11.8. The Balaban J connectivity index is 2.34. The molecule has 0 unspecified atom stereocenters. The fraction of sp³-hybridized carbons (Fsp3) is 0.524. The zero-order valence-corrected chi connectivity index (χ0v) is 18.5. The van der Waals surface area contributed by atoms with Gasteiger partial charge in [0.25, 0.3) is 0 Å². The maximum Gasteiger partial charge on any atom is 0.492 e. The highest BCUT2D eigenvalue weighted by Crippen LogP contribution is 2.38. The van der Waals surface area contributed by atoms with Gasteiger partial charge in [-0.15, -0.1) is 0 Å². The average molecular weight is 421 g/mol. The molecule has 1 aromatic carbocycles. The van der Waals surface area contributed by atoms with Crippen LogP contribution in [0.3, 0.4) is 0 Å². The molecule has 2 rings (SSSR count). The van der Waals surface area contributed by atoms with E-state index in [4.69, 9.17) is 14.0 Å². The van der Waals surface area contributed by atoms with Crippen molar-refractivity contribution in [1.29, 1.82) is 0 Å². The van der Waals surface area contributed by atoms with Gasteiger partial charge in [-0.1, -0.05) is 12.1 Å². The van der Waals surface area contributed by atoms with E-state index in [1.165, 1.54) is 12.1 Å². The van der Waals surface area contributed by atoms with E-state index >= 15 is 0 Å². The van der Waals surface area contributed by atoms with Gasteiger partial charge >= 0.3 is 19.2 Å². The summed E-state index contributed by atoms with van der Waals surface area (Å²) in [4.78, 5) is 23.4. The number of carbonyl (C=O) groups is 2. The lowest BCUT2D eigenvalue weighted by Gasteiger charge is -2.32. The lowest BCUT2D eigenvalue weighted by atomic mass is 9.77. The van der Waals surface area contributed by atoms with E-state index in [0.717, 1.165) is 6.07 Å². The minimum atomic E-state index is -1.37. The molecule has 1 heterocycles. The topological polar surface area (TPSA) is 94.1 Å². The lowest BCUT2D eigenvalue weighted by molar-refractivity contribution is 0.00578. The monoisotopic (exact) mass is 421 g/mol. The molecule has 0 saturated carbocycles. The van der Waals surface area contributed by atoms with Gasteiger partial charge < -0.3 is 24.5 Å². The maximum absolute atomic E-state index is 13.7. The number of amides is 1. The third-order valence-corrected chi connectivity index (χ3v) is 4.96. The van der Waals surface area contributed by atoms with E-state index in [1.54, 1.807) is 26.8 Å². The quantitative estimate of drug-likeness (QED) is 0.697. The summed E-state index contributed by atoms with van der Waals surface area (Å²) in [6.45, 7) is 12.9. The number of carboxylic acid groups (broad SMARTS) is 1. The van der Waals surface area contributed by atoms with Crippen LogP contribution in [0.15, 0.2) is 23.7 Å². The van der Waals surface area contributed by atoms with E-state index in [9.17, 15) is 19.1 Å². The van der Waals surface area contributed by atoms with Crippen molar-refractivity contribution in [3.8, 4) is 0 Å². The number of rotatable bonds is 5. The van der Waals surface area contributed by atoms with Crippen LogP contribution in [-0.4, -0.2) is 47.6 Å². The van der Waals surface area contributed by atoms with E-state index in [0.29, 0.717) is 11.0 Å². The average Bonchev–Trinajstić information content (AvgIpc) is 2.78. The molecule has 0 radical (unpaired) electrons. The zero-order valence-electron chi connectivity index (χ0n) is 18.5. The number of nitrogens with one attached hydrogen (secondary N) is 1. The molecule has 1 amide bonds. The van der Waals surface area contributed by atoms with Gasteiger partial charge in [-0.2, -0.15) is 0 Å². The van der Waals surface area contributed by atoms with Gasteiger partial charge in [0.05, 0.1) is 16.8 Å². The van der Waals surface area contributed by atoms with Gasteiger partial charge in [-0.3, -0.25) is 0 Å². The van der Waals surface area contributed by atoms with E-state index < -0.39 is 47.4 Å². The molecule has 2 N–H and O–H groups in total. The number of ether oxygens (including phenoxy) is 1. The Hall–Kier alpha value is -2.39. The van der Waals surface area contributed by atoms with Gasteiger partial charge in [0.2, 0.25) is 0 Å². The maximum atomic E-state index is 13.7. The number of carbonyl (C=O) groups excluding carboxylic acids is 1. The number of halogens is 1. The first-order valence-electron chi connectivity index (χ1n) is 9.67. The van der Waals surface area contributed by atoms with Crippen molar-refractivity contribution in [3.05, 3.63) is 40.6 Å². The van der Waals surface area contributed by atoms with Gasteiger partial charge in [0.15, 0.2) is 0 Å². The highest BCUT2D eigenvalue weighted by atomic mass is 19.1. The summed E-state index contributed by atoms with van der Waals surface area (Å²) in [7, 11) is -0.789. The third-order valence-electron chi connectivity index (χ3n) is 4.96. The molecule has 1 aromatic rings. The van der Waals surface area contributed by atoms with Gasteiger partial charge in [-0.05, 0) is 71.6 Å². The Morgan fingerprint density at radius 1 is 1.20 bits per heavy atom. The van der Waals surface area contributed by atoms with Crippen molar-refractivity contribution in [2.75, 3.05) is 6.54 Å². The Bertz CT molecular complexity index is 844. The second kappa shape index (κ2) is 8.39. The van der Waals surface area contributed by atoms with Crippen molar-refractivity contribution in [1.82, 2.24) is 5.32 Å². The first-order valence-corrected chi connectivity index (χ1v) is 9.67. The van der Waals surface area contributed by atoms with Crippen LogP contribution in [-0.2, 0) is 14.0 Å². The molecule has 164 valence electrons. The van der Waals surface area contributed by atoms with Gasteiger partial charge in [-0.25, -0.2) is 14.0 Å². The minimum Gasteiger partial charge on any atom is -0.478 e. The molecule has 7 nitrogen and oxygen atoms in total.